The second-order valence-corrected chi connectivity index (χ2v) is 5.89. The molecule has 1 aromatic heterocycles. The zero-order chi connectivity index (χ0) is 14.8. The fourth-order valence-corrected chi connectivity index (χ4v) is 3.26. The van der Waals surface area contributed by atoms with Crippen LogP contribution < -0.4 is 9.47 Å². The second kappa shape index (κ2) is 5.73. The summed E-state index contributed by atoms with van der Waals surface area (Å²) in [4.78, 5) is 16.1. The van der Waals surface area contributed by atoms with Crippen LogP contribution in [0.2, 0.25) is 0 Å². The van der Waals surface area contributed by atoms with Crippen molar-refractivity contribution in [3.8, 4) is 11.5 Å². The number of carboxylic acid groups (broad SMARTS) is 1. The number of thiazole rings is 1. The Kier molecular flexibility index (Phi) is 3.79. The fourth-order valence-electron chi connectivity index (χ4n) is 2.28. The first-order valence-electron chi connectivity index (χ1n) is 6.77. The number of aromatic nitrogens is 1. The van der Waals surface area contributed by atoms with Crippen molar-refractivity contribution in [2.75, 3.05) is 6.79 Å². The molecule has 1 N–H and O–H groups in total. The molecule has 1 aliphatic heterocycles. The maximum absolute atomic E-state index is 11.2. The van der Waals surface area contributed by atoms with E-state index in [1.165, 1.54) is 11.3 Å². The van der Waals surface area contributed by atoms with E-state index < -0.39 is 5.97 Å². The number of fused-ring (bicyclic) bond motifs is 1. The van der Waals surface area contributed by atoms with Crippen molar-refractivity contribution in [2.24, 2.45) is 0 Å². The Labute approximate surface area is 126 Å². The highest BCUT2D eigenvalue weighted by Gasteiger charge is 2.18. The first-order chi connectivity index (χ1) is 10.2. The molecular formula is C15H15NO4S. The standard InChI is InChI=1S/C15H15NO4S/c1-2-3-10-14(15(17)18)21-13(16-10)7-9-4-5-11-12(6-9)20-8-19-11/h4-6H,2-3,7-8H2,1H3,(H,17,18). The summed E-state index contributed by atoms with van der Waals surface area (Å²) in [5.41, 5.74) is 1.72. The van der Waals surface area contributed by atoms with Crippen LogP contribution in [0.15, 0.2) is 18.2 Å². The zero-order valence-corrected chi connectivity index (χ0v) is 12.4. The van der Waals surface area contributed by atoms with E-state index in [4.69, 9.17) is 9.47 Å². The second-order valence-electron chi connectivity index (χ2n) is 4.80. The maximum atomic E-state index is 11.2. The van der Waals surface area contributed by atoms with Crippen molar-refractivity contribution in [1.29, 1.82) is 0 Å². The summed E-state index contributed by atoms with van der Waals surface area (Å²) in [7, 11) is 0. The Bertz CT molecular complexity index is 680. The van der Waals surface area contributed by atoms with Crippen molar-refractivity contribution in [2.45, 2.75) is 26.2 Å². The van der Waals surface area contributed by atoms with Crippen LogP contribution in [-0.2, 0) is 12.8 Å². The zero-order valence-electron chi connectivity index (χ0n) is 11.6. The first-order valence-corrected chi connectivity index (χ1v) is 7.59. The SMILES string of the molecule is CCCc1nc(Cc2ccc3c(c2)OCO3)sc1C(=O)O. The Morgan fingerprint density at radius 1 is 1.38 bits per heavy atom. The van der Waals surface area contributed by atoms with Gasteiger partial charge in [0.2, 0.25) is 6.79 Å². The molecule has 0 radical (unpaired) electrons. The van der Waals surface area contributed by atoms with Gasteiger partial charge in [-0.2, -0.15) is 0 Å². The largest absolute Gasteiger partial charge is 0.477 e. The van der Waals surface area contributed by atoms with E-state index in [-0.39, 0.29) is 6.79 Å². The van der Waals surface area contributed by atoms with Crippen LogP contribution in [0.4, 0.5) is 0 Å². The van der Waals surface area contributed by atoms with E-state index in [2.05, 4.69) is 4.98 Å². The van der Waals surface area contributed by atoms with Gasteiger partial charge in [0.05, 0.1) is 10.7 Å². The van der Waals surface area contributed by atoms with Crippen LogP contribution in [-0.4, -0.2) is 22.9 Å². The predicted octanol–water partition coefficient (Wildman–Crippen LogP) is 3.11. The van der Waals surface area contributed by atoms with Crippen molar-refractivity contribution in [3.05, 3.63) is 39.3 Å². The van der Waals surface area contributed by atoms with Gasteiger partial charge in [0, 0.05) is 6.42 Å². The van der Waals surface area contributed by atoms with Crippen molar-refractivity contribution in [3.63, 3.8) is 0 Å². The lowest BCUT2D eigenvalue weighted by atomic mass is 10.1. The number of aromatic carboxylic acids is 1. The summed E-state index contributed by atoms with van der Waals surface area (Å²) in [5, 5.41) is 10.0. The molecule has 0 atom stereocenters. The van der Waals surface area contributed by atoms with Crippen LogP contribution in [0.3, 0.4) is 0 Å². The van der Waals surface area contributed by atoms with E-state index in [0.29, 0.717) is 23.4 Å². The number of hydrogen-bond donors (Lipinski definition) is 1. The number of hydrogen-bond acceptors (Lipinski definition) is 5. The van der Waals surface area contributed by atoms with Gasteiger partial charge in [0.1, 0.15) is 4.88 Å². The highest BCUT2D eigenvalue weighted by Crippen LogP contribution is 2.33. The third kappa shape index (κ3) is 2.85. The number of nitrogens with zero attached hydrogens (tertiary/aromatic N) is 1. The van der Waals surface area contributed by atoms with Crippen molar-refractivity contribution >= 4 is 17.3 Å². The minimum atomic E-state index is -0.895. The highest BCUT2D eigenvalue weighted by molar-refractivity contribution is 7.13. The van der Waals surface area contributed by atoms with Crippen LogP contribution in [0, 0.1) is 0 Å². The summed E-state index contributed by atoms with van der Waals surface area (Å²) in [5.74, 6) is 0.583. The van der Waals surface area contributed by atoms with Gasteiger partial charge in [-0.3, -0.25) is 0 Å². The normalized spacial score (nSPS) is 12.6. The molecule has 5 nitrogen and oxygen atoms in total. The molecular weight excluding hydrogens is 290 g/mol. The molecule has 0 unspecified atom stereocenters. The van der Waals surface area contributed by atoms with E-state index >= 15 is 0 Å². The smallest absolute Gasteiger partial charge is 0.347 e. The maximum Gasteiger partial charge on any atom is 0.347 e. The molecule has 1 aliphatic rings. The van der Waals surface area contributed by atoms with Crippen LogP contribution in [0.5, 0.6) is 11.5 Å². The number of rotatable bonds is 5. The summed E-state index contributed by atoms with van der Waals surface area (Å²) in [6, 6.07) is 5.74. The number of aryl methyl sites for hydroxylation is 1. The summed E-state index contributed by atoms with van der Waals surface area (Å²) in [6.07, 6.45) is 2.18. The molecule has 0 bridgehead atoms. The molecule has 0 fully saturated rings. The van der Waals surface area contributed by atoms with Crippen LogP contribution >= 0.6 is 11.3 Å². The van der Waals surface area contributed by atoms with Gasteiger partial charge in [0.15, 0.2) is 11.5 Å². The Morgan fingerprint density at radius 2 is 2.19 bits per heavy atom. The number of carboxylic acids is 1. The third-order valence-electron chi connectivity index (χ3n) is 3.22. The molecule has 0 spiro atoms. The van der Waals surface area contributed by atoms with Gasteiger partial charge in [-0.15, -0.1) is 11.3 Å². The van der Waals surface area contributed by atoms with Gasteiger partial charge in [-0.1, -0.05) is 19.4 Å². The van der Waals surface area contributed by atoms with Gasteiger partial charge in [-0.05, 0) is 24.1 Å². The minimum absolute atomic E-state index is 0.250. The summed E-state index contributed by atoms with van der Waals surface area (Å²) < 4.78 is 10.6. The molecule has 3 rings (SSSR count). The van der Waals surface area contributed by atoms with E-state index in [1.807, 2.05) is 25.1 Å². The number of benzene rings is 1. The molecule has 0 aliphatic carbocycles. The Morgan fingerprint density at radius 3 is 2.95 bits per heavy atom. The highest BCUT2D eigenvalue weighted by atomic mass is 32.1. The average Bonchev–Trinajstić information content (AvgIpc) is 3.05. The average molecular weight is 305 g/mol. The molecule has 2 aromatic rings. The lowest BCUT2D eigenvalue weighted by molar-refractivity contribution is 0.0700. The quantitative estimate of drug-likeness (QED) is 0.919. The molecule has 2 heterocycles. The van der Waals surface area contributed by atoms with Crippen LogP contribution in [0.25, 0.3) is 0 Å². The Hall–Kier alpha value is -2.08. The van der Waals surface area contributed by atoms with Crippen molar-refractivity contribution in [1.82, 2.24) is 4.98 Å². The molecule has 21 heavy (non-hydrogen) atoms. The summed E-state index contributed by atoms with van der Waals surface area (Å²) in [6.45, 7) is 2.27. The molecule has 0 amide bonds. The molecule has 0 saturated carbocycles. The van der Waals surface area contributed by atoms with Crippen molar-refractivity contribution < 1.29 is 19.4 Å². The predicted molar refractivity (Wildman–Crippen MR) is 78.4 cm³/mol. The van der Waals surface area contributed by atoms with E-state index in [1.54, 1.807) is 0 Å². The third-order valence-corrected chi connectivity index (χ3v) is 4.30. The number of carbonyl (C=O) groups is 1. The first kappa shape index (κ1) is 13.9. The molecule has 0 saturated heterocycles. The van der Waals surface area contributed by atoms with Gasteiger partial charge in [-0.25, -0.2) is 9.78 Å². The van der Waals surface area contributed by atoms with Crippen LogP contribution in [0.1, 0.15) is 39.3 Å². The summed E-state index contributed by atoms with van der Waals surface area (Å²) >= 11 is 1.25. The molecule has 6 heteroatoms. The lowest BCUT2D eigenvalue weighted by Gasteiger charge is -2.00. The monoisotopic (exact) mass is 305 g/mol. The minimum Gasteiger partial charge on any atom is -0.477 e. The van der Waals surface area contributed by atoms with E-state index in [0.717, 1.165) is 28.5 Å². The topological polar surface area (TPSA) is 68.7 Å². The molecule has 110 valence electrons. The Balaban J connectivity index is 1.84. The van der Waals surface area contributed by atoms with E-state index in [9.17, 15) is 9.90 Å². The molecule has 1 aromatic carbocycles. The van der Waals surface area contributed by atoms with Gasteiger partial charge < -0.3 is 14.6 Å². The lowest BCUT2D eigenvalue weighted by Crippen LogP contribution is -1.98. The van der Waals surface area contributed by atoms with Gasteiger partial charge in [0.25, 0.3) is 0 Å². The fraction of sp³-hybridized carbons (Fsp3) is 0.333. The number of ether oxygens (including phenoxy) is 2. The van der Waals surface area contributed by atoms with Gasteiger partial charge >= 0.3 is 5.97 Å².